The summed E-state index contributed by atoms with van der Waals surface area (Å²) in [4.78, 5) is 7.21. The number of aromatic nitrogens is 1. The summed E-state index contributed by atoms with van der Waals surface area (Å²) in [7, 11) is -2.83. The van der Waals surface area contributed by atoms with Crippen LogP contribution in [0.1, 0.15) is 11.8 Å². The maximum atomic E-state index is 11.4. The maximum Gasteiger partial charge on any atom is 0.183 e. The van der Waals surface area contributed by atoms with E-state index in [1.54, 1.807) is 6.20 Å². The smallest absolute Gasteiger partial charge is 0.183 e. The van der Waals surface area contributed by atoms with Crippen molar-refractivity contribution in [1.29, 1.82) is 0 Å². The van der Waals surface area contributed by atoms with Crippen molar-refractivity contribution in [1.82, 2.24) is 9.88 Å². The summed E-state index contributed by atoms with van der Waals surface area (Å²) >= 11 is 7.20. The molecular formula is C9H13ClN2O2S2. The minimum Gasteiger partial charge on any atom is -0.294 e. The number of hydrogen-bond donors (Lipinski definition) is 0. The van der Waals surface area contributed by atoms with Gasteiger partial charge in [0.25, 0.3) is 0 Å². The molecule has 2 rings (SSSR count). The monoisotopic (exact) mass is 280 g/mol. The van der Waals surface area contributed by atoms with Crippen LogP contribution in [0.15, 0.2) is 6.20 Å². The van der Waals surface area contributed by atoms with Gasteiger partial charge in [-0.25, -0.2) is 13.4 Å². The fraction of sp³-hybridized carbons (Fsp3) is 0.667. The zero-order valence-electron chi connectivity index (χ0n) is 8.89. The molecule has 1 aliphatic heterocycles. The normalized spacial score (nSPS) is 25.8. The van der Waals surface area contributed by atoms with Crippen molar-refractivity contribution >= 4 is 32.8 Å². The van der Waals surface area contributed by atoms with E-state index in [-0.39, 0.29) is 17.5 Å². The van der Waals surface area contributed by atoms with E-state index in [9.17, 15) is 8.42 Å². The SMILES string of the molecule is CC1CS(=O)(=O)CCN1Cc1cnc(Cl)s1. The molecule has 1 fully saturated rings. The molecule has 1 unspecified atom stereocenters. The molecule has 0 N–H and O–H groups in total. The van der Waals surface area contributed by atoms with E-state index in [4.69, 9.17) is 11.6 Å². The van der Waals surface area contributed by atoms with Gasteiger partial charge in [-0.15, -0.1) is 11.3 Å². The Kier molecular flexibility index (Phi) is 3.53. The maximum absolute atomic E-state index is 11.4. The molecule has 16 heavy (non-hydrogen) atoms. The summed E-state index contributed by atoms with van der Waals surface area (Å²) in [6.07, 6.45) is 1.75. The van der Waals surface area contributed by atoms with Crippen molar-refractivity contribution in [3.63, 3.8) is 0 Å². The minimum absolute atomic E-state index is 0.0691. The van der Waals surface area contributed by atoms with Crippen LogP contribution < -0.4 is 0 Å². The van der Waals surface area contributed by atoms with E-state index < -0.39 is 9.84 Å². The number of nitrogens with zero attached hydrogens (tertiary/aromatic N) is 2. The van der Waals surface area contributed by atoms with Gasteiger partial charge >= 0.3 is 0 Å². The van der Waals surface area contributed by atoms with Crippen LogP contribution >= 0.6 is 22.9 Å². The van der Waals surface area contributed by atoms with Crippen LogP contribution in [-0.4, -0.2) is 42.4 Å². The Labute approximate surface area is 104 Å². The van der Waals surface area contributed by atoms with E-state index in [1.165, 1.54) is 11.3 Å². The summed E-state index contributed by atoms with van der Waals surface area (Å²) < 4.78 is 23.3. The molecule has 1 aromatic heterocycles. The number of thiazole rings is 1. The fourth-order valence-corrected chi connectivity index (χ4v) is 4.45. The third-order valence-electron chi connectivity index (χ3n) is 2.69. The lowest BCUT2D eigenvalue weighted by atomic mass is 10.3. The zero-order chi connectivity index (χ0) is 11.8. The molecule has 1 atom stereocenters. The summed E-state index contributed by atoms with van der Waals surface area (Å²) in [6.45, 7) is 3.28. The molecule has 0 saturated carbocycles. The lowest BCUT2D eigenvalue weighted by Gasteiger charge is -2.32. The van der Waals surface area contributed by atoms with Crippen LogP contribution in [0.3, 0.4) is 0 Å². The van der Waals surface area contributed by atoms with Gasteiger partial charge in [0.05, 0.1) is 11.5 Å². The van der Waals surface area contributed by atoms with Crippen molar-refractivity contribution in [2.24, 2.45) is 0 Å². The Morgan fingerprint density at radius 1 is 1.69 bits per heavy atom. The van der Waals surface area contributed by atoms with Crippen LogP contribution in [0, 0.1) is 0 Å². The molecule has 2 heterocycles. The van der Waals surface area contributed by atoms with Crippen molar-refractivity contribution in [3.8, 4) is 0 Å². The first-order valence-electron chi connectivity index (χ1n) is 5.01. The van der Waals surface area contributed by atoms with Gasteiger partial charge < -0.3 is 0 Å². The van der Waals surface area contributed by atoms with Gasteiger partial charge in [-0.3, -0.25) is 4.90 Å². The largest absolute Gasteiger partial charge is 0.294 e. The van der Waals surface area contributed by atoms with E-state index in [2.05, 4.69) is 9.88 Å². The highest BCUT2D eigenvalue weighted by Crippen LogP contribution is 2.21. The molecule has 0 spiro atoms. The standard InChI is InChI=1S/C9H13ClN2O2S2/c1-7-6-16(13,14)3-2-12(7)5-8-4-11-9(10)15-8/h4,7H,2-3,5-6H2,1H3. The third-order valence-corrected chi connectivity index (χ3v) is 5.59. The van der Waals surface area contributed by atoms with E-state index >= 15 is 0 Å². The Bertz CT molecular complexity index is 472. The molecule has 7 heteroatoms. The highest BCUT2D eigenvalue weighted by Gasteiger charge is 2.28. The van der Waals surface area contributed by atoms with Crippen molar-refractivity contribution in [2.45, 2.75) is 19.5 Å². The summed E-state index contributed by atoms with van der Waals surface area (Å²) in [5, 5.41) is 0. The average molecular weight is 281 g/mol. The predicted molar refractivity (Wildman–Crippen MR) is 65.6 cm³/mol. The van der Waals surface area contributed by atoms with Crippen LogP contribution in [0.25, 0.3) is 0 Å². The first-order chi connectivity index (χ1) is 7.46. The third kappa shape index (κ3) is 2.94. The summed E-state index contributed by atoms with van der Waals surface area (Å²) in [6, 6.07) is 0.0691. The number of hydrogen-bond acceptors (Lipinski definition) is 5. The number of sulfone groups is 1. The van der Waals surface area contributed by atoms with Gasteiger partial charge in [-0.05, 0) is 6.92 Å². The van der Waals surface area contributed by atoms with Gasteiger partial charge in [0.15, 0.2) is 14.3 Å². The van der Waals surface area contributed by atoms with Crippen LogP contribution in [0.2, 0.25) is 4.47 Å². The number of rotatable bonds is 2. The minimum atomic E-state index is -2.83. The highest BCUT2D eigenvalue weighted by molar-refractivity contribution is 7.91. The van der Waals surface area contributed by atoms with Gasteiger partial charge in [0.2, 0.25) is 0 Å². The quantitative estimate of drug-likeness (QED) is 0.822. The Morgan fingerprint density at radius 2 is 2.44 bits per heavy atom. The van der Waals surface area contributed by atoms with Gasteiger partial charge in [-0.1, -0.05) is 11.6 Å². The van der Waals surface area contributed by atoms with E-state index in [1.807, 2.05) is 6.92 Å². The summed E-state index contributed by atoms with van der Waals surface area (Å²) in [5.41, 5.74) is 0. The zero-order valence-corrected chi connectivity index (χ0v) is 11.3. The molecule has 0 amide bonds. The van der Waals surface area contributed by atoms with Crippen LogP contribution in [0.4, 0.5) is 0 Å². The van der Waals surface area contributed by atoms with Crippen molar-refractivity contribution in [3.05, 3.63) is 15.5 Å². The molecule has 1 aliphatic rings. The molecule has 4 nitrogen and oxygen atoms in total. The molecule has 90 valence electrons. The Balaban J connectivity index is 2.02. The lowest BCUT2D eigenvalue weighted by Crippen LogP contribution is -2.46. The Morgan fingerprint density at radius 3 is 3.00 bits per heavy atom. The predicted octanol–water partition coefficient (Wildman–Crippen LogP) is 1.42. The van der Waals surface area contributed by atoms with Gasteiger partial charge in [0, 0.05) is 30.2 Å². The fourth-order valence-electron chi connectivity index (χ4n) is 1.82. The van der Waals surface area contributed by atoms with Crippen molar-refractivity contribution < 1.29 is 8.42 Å². The summed E-state index contributed by atoms with van der Waals surface area (Å²) in [5.74, 6) is 0.503. The molecule has 1 saturated heterocycles. The molecule has 0 bridgehead atoms. The second kappa shape index (κ2) is 4.60. The first kappa shape index (κ1) is 12.3. The van der Waals surface area contributed by atoms with E-state index in [0.29, 0.717) is 11.0 Å². The molecular weight excluding hydrogens is 268 g/mol. The van der Waals surface area contributed by atoms with E-state index in [0.717, 1.165) is 11.4 Å². The molecule has 0 aliphatic carbocycles. The van der Waals surface area contributed by atoms with Gasteiger partial charge in [0.1, 0.15) is 0 Å². The first-order valence-corrected chi connectivity index (χ1v) is 8.02. The van der Waals surface area contributed by atoms with Crippen LogP contribution in [-0.2, 0) is 16.4 Å². The average Bonchev–Trinajstić information content (AvgIpc) is 2.56. The molecule has 1 aromatic rings. The van der Waals surface area contributed by atoms with Crippen LogP contribution in [0.5, 0.6) is 0 Å². The second-order valence-electron chi connectivity index (χ2n) is 4.01. The second-order valence-corrected chi connectivity index (χ2v) is 7.94. The topological polar surface area (TPSA) is 50.3 Å². The molecule has 0 aromatic carbocycles. The number of halogens is 1. The Hall–Kier alpha value is -0.170. The highest BCUT2D eigenvalue weighted by atomic mass is 35.5. The molecule has 0 radical (unpaired) electrons. The lowest BCUT2D eigenvalue weighted by molar-refractivity contribution is 0.220. The van der Waals surface area contributed by atoms with Crippen molar-refractivity contribution in [2.75, 3.05) is 18.1 Å². The van der Waals surface area contributed by atoms with Gasteiger partial charge in [-0.2, -0.15) is 0 Å².